The van der Waals surface area contributed by atoms with Crippen LogP contribution in [0.15, 0.2) is 85.1 Å². The molecule has 72 heavy (non-hydrogen) atoms. The van der Waals surface area contributed by atoms with Crippen LogP contribution in [0.4, 0.5) is 0 Å². The first kappa shape index (κ1) is 68.7. The number of rotatable bonds is 52. The molecule has 0 aromatic carbocycles. The lowest BCUT2D eigenvalue weighted by molar-refractivity contribution is -0.161. The van der Waals surface area contributed by atoms with Crippen molar-refractivity contribution in [2.75, 3.05) is 26.4 Å². The van der Waals surface area contributed by atoms with Crippen molar-refractivity contribution in [3.63, 3.8) is 0 Å². The van der Waals surface area contributed by atoms with Gasteiger partial charge in [-0.2, -0.15) is 0 Å². The molecule has 0 saturated carbocycles. The normalized spacial score (nSPS) is 14.0. The van der Waals surface area contributed by atoms with E-state index in [0.29, 0.717) is 25.7 Å². The molecule has 0 bridgehead atoms. The Labute approximate surface area is 439 Å². The summed E-state index contributed by atoms with van der Waals surface area (Å²) in [5.41, 5.74) is 0. The molecule has 0 radical (unpaired) electrons. The van der Waals surface area contributed by atoms with Gasteiger partial charge in [-0.3, -0.25) is 23.4 Å². The fraction of sp³-hybridized carbons (Fsp3) is 0.717. The summed E-state index contributed by atoms with van der Waals surface area (Å²) in [4.78, 5) is 48.4. The molecule has 11 nitrogen and oxygen atoms in total. The van der Waals surface area contributed by atoms with Crippen molar-refractivity contribution in [2.24, 2.45) is 0 Å². The number of esters is 3. The minimum atomic E-state index is -4.77. The average molecular weight is 1030 g/mol. The highest BCUT2D eigenvalue weighted by Gasteiger charge is 2.28. The maximum absolute atomic E-state index is 12.9. The van der Waals surface area contributed by atoms with Gasteiger partial charge in [0.25, 0.3) is 0 Å². The van der Waals surface area contributed by atoms with Crippen LogP contribution in [-0.4, -0.2) is 66.5 Å². The summed E-state index contributed by atoms with van der Waals surface area (Å²) in [7, 11) is -4.77. The number of hydrogen-bond acceptors (Lipinski definition) is 10. The van der Waals surface area contributed by atoms with Crippen molar-refractivity contribution in [3.8, 4) is 0 Å². The fourth-order valence-corrected chi connectivity index (χ4v) is 8.28. The number of carbonyl (C=O) groups excluding carboxylic acids is 3. The van der Waals surface area contributed by atoms with Crippen molar-refractivity contribution in [2.45, 2.75) is 251 Å². The maximum atomic E-state index is 12.9. The number of unbranched alkanes of at least 4 members (excludes halogenated alkanes) is 21. The minimum absolute atomic E-state index is 0.0409. The Balaban J connectivity index is 4.81. The zero-order chi connectivity index (χ0) is 52.7. The van der Waals surface area contributed by atoms with E-state index in [4.69, 9.17) is 23.3 Å². The second kappa shape index (κ2) is 53.9. The first-order chi connectivity index (χ1) is 35.2. The zero-order valence-corrected chi connectivity index (χ0v) is 46.5. The van der Waals surface area contributed by atoms with Gasteiger partial charge in [0.2, 0.25) is 0 Å². The van der Waals surface area contributed by atoms with E-state index in [9.17, 15) is 28.9 Å². The van der Waals surface area contributed by atoms with Gasteiger partial charge in [0.1, 0.15) is 12.7 Å². The Morgan fingerprint density at radius 2 is 0.750 bits per heavy atom. The monoisotopic (exact) mass is 1030 g/mol. The summed E-state index contributed by atoms with van der Waals surface area (Å²) >= 11 is 0. The lowest BCUT2D eigenvalue weighted by Crippen LogP contribution is -2.30. The third-order valence-corrected chi connectivity index (χ3v) is 12.8. The lowest BCUT2D eigenvalue weighted by atomic mass is 10.1. The smallest absolute Gasteiger partial charge is 0.462 e. The number of aliphatic hydroxyl groups is 1. The standard InChI is InChI=1S/C60H103O11P/c1-4-7-10-13-16-19-22-24-26-27-28-29-31-33-36-39-42-45-48-51-60(64)71-57(53-67-58(62)49-46-43-40-37-34-21-18-15-12-9-6-3)55-69-72(65,66)68-54-56(52-61)70-59(63)50-47-44-41-38-35-32-30-25-23-20-17-14-11-8-5-2/h7,10,16,19,24-26,28-30,33,36,42,45,56-57,61H,4-6,8-9,11-15,17-18,20-23,27,31-32,34-35,37-41,43-44,46-55H2,1-3H3,(H,65,66)/b10-7-,19-16-,26-24-,29-28-,30-25-,36-33-,45-42-. The van der Waals surface area contributed by atoms with Crippen LogP contribution in [-0.2, 0) is 42.2 Å². The number of carbonyl (C=O) groups is 3. The lowest BCUT2D eigenvalue weighted by Gasteiger charge is -2.21. The largest absolute Gasteiger partial charge is 0.472 e. The van der Waals surface area contributed by atoms with Crippen LogP contribution < -0.4 is 0 Å². The predicted molar refractivity (Wildman–Crippen MR) is 298 cm³/mol. The van der Waals surface area contributed by atoms with E-state index in [0.717, 1.165) is 89.9 Å². The van der Waals surface area contributed by atoms with Crippen molar-refractivity contribution >= 4 is 25.7 Å². The highest BCUT2D eigenvalue weighted by atomic mass is 31.2. The molecule has 0 aromatic rings. The van der Waals surface area contributed by atoms with Crippen LogP contribution in [0.5, 0.6) is 0 Å². The molecule has 2 N–H and O–H groups in total. The summed E-state index contributed by atoms with van der Waals surface area (Å²) in [5.74, 6) is -1.57. The van der Waals surface area contributed by atoms with Gasteiger partial charge >= 0.3 is 25.7 Å². The molecule has 0 heterocycles. The van der Waals surface area contributed by atoms with E-state index >= 15 is 0 Å². The molecule has 12 heteroatoms. The number of ether oxygens (including phenoxy) is 3. The minimum Gasteiger partial charge on any atom is -0.462 e. The molecule has 0 fully saturated rings. The maximum Gasteiger partial charge on any atom is 0.472 e. The van der Waals surface area contributed by atoms with Gasteiger partial charge in [-0.15, -0.1) is 0 Å². The van der Waals surface area contributed by atoms with E-state index in [2.05, 4.69) is 93.7 Å². The molecular formula is C60H103O11P. The molecule has 0 spiro atoms. The number of phosphoric acid groups is 1. The Morgan fingerprint density at radius 1 is 0.403 bits per heavy atom. The summed E-state index contributed by atoms with van der Waals surface area (Å²) in [5, 5.41) is 9.80. The number of hydrogen-bond donors (Lipinski definition) is 2. The van der Waals surface area contributed by atoms with Gasteiger partial charge in [0, 0.05) is 19.3 Å². The number of aliphatic hydroxyl groups excluding tert-OH is 1. The van der Waals surface area contributed by atoms with Crippen LogP contribution in [0.1, 0.15) is 239 Å². The SMILES string of the molecule is CC/C=C\C/C=C\C/C=C\C/C=C\C/C=C\C/C=C\CCC(=O)OC(COC(=O)CCCCCCCCCCCCC)COP(=O)(O)OCC(CO)OC(=O)CCCCCCC/C=C\CCCCCCCC. The van der Waals surface area contributed by atoms with E-state index in [1.807, 2.05) is 12.2 Å². The van der Waals surface area contributed by atoms with Gasteiger partial charge in [0.05, 0.1) is 19.8 Å². The van der Waals surface area contributed by atoms with Crippen molar-refractivity contribution in [3.05, 3.63) is 85.1 Å². The topological polar surface area (TPSA) is 155 Å². The zero-order valence-electron chi connectivity index (χ0n) is 45.6. The van der Waals surface area contributed by atoms with E-state index < -0.39 is 57.8 Å². The summed E-state index contributed by atoms with van der Waals surface area (Å²) in [6.45, 7) is 4.43. The summed E-state index contributed by atoms with van der Waals surface area (Å²) in [6, 6.07) is 0. The molecule has 0 rings (SSSR count). The third-order valence-electron chi connectivity index (χ3n) is 11.8. The molecular weight excluding hydrogens is 928 g/mol. The van der Waals surface area contributed by atoms with Crippen molar-refractivity contribution in [1.29, 1.82) is 0 Å². The van der Waals surface area contributed by atoms with Crippen molar-refractivity contribution < 1.29 is 52.2 Å². The highest BCUT2D eigenvalue weighted by Crippen LogP contribution is 2.43. The number of allylic oxidation sites excluding steroid dienone is 14. The Morgan fingerprint density at radius 3 is 1.19 bits per heavy atom. The van der Waals surface area contributed by atoms with E-state index in [1.54, 1.807) is 0 Å². The first-order valence-corrected chi connectivity index (χ1v) is 30.0. The van der Waals surface area contributed by atoms with Gasteiger partial charge < -0.3 is 24.2 Å². The van der Waals surface area contributed by atoms with Gasteiger partial charge in [0.15, 0.2) is 6.10 Å². The van der Waals surface area contributed by atoms with Crippen molar-refractivity contribution in [1.82, 2.24) is 0 Å². The Bertz CT molecular complexity index is 1530. The molecule has 0 aliphatic rings. The molecule has 3 atom stereocenters. The van der Waals surface area contributed by atoms with E-state index in [-0.39, 0.29) is 25.9 Å². The second-order valence-corrected chi connectivity index (χ2v) is 20.2. The van der Waals surface area contributed by atoms with Crippen LogP contribution >= 0.6 is 7.82 Å². The molecule has 0 aliphatic heterocycles. The molecule has 0 aromatic heterocycles. The third kappa shape index (κ3) is 51.6. The van der Waals surface area contributed by atoms with Crippen LogP contribution in [0.3, 0.4) is 0 Å². The fourth-order valence-electron chi connectivity index (χ4n) is 7.49. The van der Waals surface area contributed by atoms with Crippen LogP contribution in [0.2, 0.25) is 0 Å². The molecule has 0 amide bonds. The van der Waals surface area contributed by atoms with Crippen LogP contribution in [0, 0.1) is 0 Å². The summed E-state index contributed by atoms with van der Waals surface area (Å²) < 4.78 is 39.4. The number of phosphoric ester groups is 1. The molecule has 0 aliphatic carbocycles. The van der Waals surface area contributed by atoms with Crippen LogP contribution in [0.25, 0.3) is 0 Å². The van der Waals surface area contributed by atoms with Gasteiger partial charge in [-0.05, 0) is 83.5 Å². The second-order valence-electron chi connectivity index (χ2n) is 18.7. The molecule has 3 unspecified atom stereocenters. The van der Waals surface area contributed by atoms with E-state index in [1.165, 1.54) is 83.5 Å². The quantitative estimate of drug-likeness (QED) is 0.0197. The molecule has 414 valence electrons. The van der Waals surface area contributed by atoms with Gasteiger partial charge in [-0.1, -0.05) is 221 Å². The highest BCUT2D eigenvalue weighted by molar-refractivity contribution is 7.47. The predicted octanol–water partition coefficient (Wildman–Crippen LogP) is 16.7. The Kier molecular flexibility index (Phi) is 51.4. The average Bonchev–Trinajstić information content (AvgIpc) is 3.37. The Hall–Kier alpha value is -3.34. The summed E-state index contributed by atoms with van der Waals surface area (Å²) in [6.07, 6.45) is 61.3. The molecule has 0 saturated heterocycles. The first-order valence-electron chi connectivity index (χ1n) is 28.5. The van der Waals surface area contributed by atoms with Gasteiger partial charge in [-0.25, -0.2) is 4.57 Å².